The molecule has 0 aliphatic heterocycles. The SMILES string of the molecule is CNC(=O)C(N)C(C)SC. The second kappa shape index (κ2) is 4.57. The van der Waals surface area contributed by atoms with Gasteiger partial charge >= 0.3 is 0 Å². The van der Waals surface area contributed by atoms with Gasteiger partial charge in [0.05, 0.1) is 6.04 Å². The van der Waals surface area contributed by atoms with Gasteiger partial charge in [-0.1, -0.05) is 6.92 Å². The van der Waals surface area contributed by atoms with Crippen molar-refractivity contribution in [3.8, 4) is 0 Å². The topological polar surface area (TPSA) is 55.1 Å². The first kappa shape index (κ1) is 9.78. The van der Waals surface area contributed by atoms with Gasteiger partial charge in [0.15, 0.2) is 0 Å². The molecule has 0 aromatic rings. The summed E-state index contributed by atoms with van der Waals surface area (Å²) >= 11 is 1.59. The lowest BCUT2D eigenvalue weighted by Crippen LogP contribution is -2.44. The Kier molecular flexibility index (Phi) is 4.47. The number of likely N-dealkylation sites (N-methyl/N-ethyl adjacent to an activating group) is 1. The van der Waals surface area contributed by atoms with Crippen LogP contribution in [0, 0.1) is 0 Å². The molecule has 0 bridgehead atoms. The summed E-state index contributed by atoms with van der Waals surface area (Å²) in [4.78, 5) is 10.9. The molecule has 0 rings (SSSR count). The Labute approximate surface area is 65.7 Å². The number of carbonyl (C=O) groups is 1. The molecule has 0 aliphatic carbocycles. The molecule has 0 aromatic heterocycles. The average molecular weight is 162 g/mol. The maximum Gasteiger partial charge on any atom is 0.237 e. The van der Waals surface area contributed by atoms with Gasteiger partial charge < -0.3 is 11.1 Å². The molecule has 0 spiro atoms. The normalized spacial score (nSPS) is 16.0. The predicted octanol–water partition coefficient (Wildman–Crippen LogP) is -0.189. The number of thioether (sulfide) groups is 1. The third kappa shape index (κ3) is 2.58. The first-order valence-electron chi connectivity index (χ1n) is 3.13. The van der Waals surface area contributed by atoms with Crippen LogP contribution in [0.25, 0.3) is 0 Å². The zero-order valence-electron chi connectivity index (χ0n) is 6.55. The number of amides is 1. The second-order valence-electron chi connectivity index (χ2n) is 2.08. The van der Waals surface area contributed by atoms with Crippen LogP contribution < -0.4 is 11.1 Å². The fourth-order valence-corrected chi connectivity index (χ4v) is 0.943. The van der Waals surface area contributed by atoms with Crippen LogP contribution in [0.2, 0.25) is 0 Å². The third-order valence-electron chi connectivity index (χ3n) is 1.43. The average Bonchev–Trinajstić information content (AvgIpc) is 2.00. The van der Waals surface area contributed by atoms with Crippen molar-refractivity contribution < 1.29 is 4.79 Å². The standard InChI is InChI=1S/C6H14N2OS/c1-4(10-3)5(7)6(9)8-2/h4-5H,7H2,1-3H3,(H,8,9). The van der Waals surface area contributed by atoms with Gasteiger partial charge in [-0.15, -0.1) is 0 Å². The van der Waals surface area contributed by atoms with Gasteiger partial charge in [0.25, 0.3) is 0 Å². The molecule has 60 valence electrons. The van der Waals surface area contributed by atoms with Crippen LogP contribution in [0.3, 0.4) is 0 Å². The molecule has 0 heterocycles. The number of carbonyl (C=O) groups excluding carboxylic acids is 1. The minimum atomic E-state index is -0.389. The maximum atomic E-state index is 10.9. The summed E-state index contributed by atoms with van der Waals surface area (Å²) in [5.41, 5.74) is 5.55. The molecule has 3 N–H and O–H groups in total. The number of hydrogen-bond donors (Lipinski definition) is 2. The highest BCUT2D eigenvalue weighted by molar-refractivity contribution is 7.99. The monoisotopic (exact) mass is 162 g/mol. The quantitative estimate of drug-likeness (QED) is 0.605. The van der Waals surface area contributed by atoms with Crippen LogP contribution >= 0.6 is 11.8 Å². The first-order chi connectivity index (χ1) is 4.63. The molecule has 0 aromatic carbocycles. The summed E-state index contributed by atoms with van der Waals surface area (Å²) in [5, 5.41) is 2.68. The number of nitrogens with one attached hydrogen (secondary N) is 1. The molecule has 3 nitrogen and oxygen atoms in total. The minimum absolute atomic E-state index is 0.0955. The van der Waals surface area contributed by atoms with Crippen molar-refractivity contribution in [2.45, 2.75) is 18.2 Å². The van der Waals surface area contributed by atoms with E-state index in [9.17, 15) is 4.79 Å². The van der Waals surface area contributed by atoms with E-state index in [1.54, 1.807) is 18.8 Å². The summed E-state index contributed by atoms with van der Waals surface area (Å²) in [6, 6.07) is -0.389. The zero-order valence-corrected chi connectivity index (χ0v) is 7.37. The van der Waals surface area contributed by atoms with Gasteiger partial charge in [-0.3, -0.25) is 4.79 Å². The van der Waals surface area contributed by atoms with Gasteiger partial charge in [-0.25, -0.2) is 0 Å². The highest BCUT2D eigenvalue weighted by Gasteiger charge is 2.17. The molecule has 0 saturated carbocycles. The lowest BCUT2D eigenvalue weighted by molar-refractivity contribution is -0.121. The van der Waals surface area contributed by atoms with Crippen molar-refractivity contribution in [2.75, 3.05) is 13.3 Å². The fraction of sp³-hybridized carbons (Fsp3) is 0.833. The van der Waals surface area contributed by atoms with E-state index in [-0.39, 0.29) is 17.2 Å². The van der Waals surface area contributed by atoms with Gasteiger partial charge in [0.1, 0.15) is 0 Å². The molecule has 1 amide bonds. The Bertz CT molecular complexity index is 118. The molecular formula is C6H14N2OS. The smallest absolute Gasteiger partial charge is 0.237 e. The highest BCUT2D eigenvalue weighted by atomic mass is 32.2. The summed E-state index contributed by atoms with van der Waals surface area (Å²) in [7, 11) is 1.59. The van der Waals surface area contributed by atoms with E-state index in [2.05, 4.69) is 5.32 Å². The number of nitrogens with two attached hydrogens (primary N) is 1. The Morgan fingerprint density at radius 2 is 2.20 bits per heavy atom. The fourth-order valence-electron chi connectivity index (χ4n) is 0.526. The third-order valence-corrected chi connectivity index (χ3v) is 2.46. The van der Waals surface area contributed by atoms with Gasteiger partial charge in [0.2, 0.25) is 5.91 Å². The van der Waals surface area contributed by atoms with E-state index < -0.39 is 0 Å². The second-order valence-corrected chi connectivity index (χ2v) is 3.30. The van der Waals surface area contributed by atoms with Gasteiger partial charge in [-0.05, 0) is 6.26 Å². The Balaban J connectivity index is 3.81. The number of rotatable bonds is 3. The van der Waals surface area contributed by atoms with Gasteiger partial charge in [0, 0.05) is 12.3 Å². The van der Waals surface area contributed by atoms with Gasteiger partial charge in [-0.2, -0.15) is 11.8 Å². The molecule has 0 radical (unpaired) electrons. The van der Waals surface area contributed by atoms with E-state index in [1.807, 2.05) is 13.2 Å². The van der Waals surface area contributed by atoms with Crippen molar-refractivity contribution >= 4 is 17.7 Å². The molecule has 0 fully saturated rings. The first-order valence-corrected chi connectivity index (χ1v) is 4.42. The number of hydrogen-bond acceptors (Lipinski definition) is 3. The van der Waals surface area contributed by atoms with E-state index >= 15 is 0 Å². The molecule has 0 aliphatic rings. The molecular weight excluding hydrogens is 148 g/mol. The van der Waals surface area contributed by atoms with Crippen LogP contribution in [-0.4, -0.2) is 30.5 Å². The Hall–Kier alpha value is -0.220. The van der Waals surface area contributed by atoms with Crippen LogP contribution in [0.15, 0.2) is 0 Å². The van der Waals surface area contributed by atoms with Crippen LogP contribution in [0.4, 0.5) is 0 Å². The zero-order chi connectivity index (χ0) is 8.15. The molecule has 10 heavy (non-hydrogen) atoms. The van der Waals surface area contributed by atoms with Crippen molar-refractivity contribution in [3.63, 3.8) is 0 Å². The summed E-state index contributed by atoms with van der Waals surface area (Å²) in [6.07, 6.45) is 1.94. The van der Waals surface area contributed by atoms with Crippen molar-refractivity contribution in [1.29, 1.82) is 0 Å². The maximum absolute atomic E-state index is 10.9. The van der Waals surface area contributed by atoms with E-state index in [4.69, 9.17) is 5.73 Å². The predicted molar refractivity (Wildman–Crippen MR) is 45.0 cm³/mol. The van der Waals surface area contributed by atoms with Crippen LogP contribution in [0.5, 0.6) is 0 Å². The Morgan fingerprint density at radius 1 is 1.70 bits per heavy atom. The highest BCUT2D eigenvalue weighted by Crippen LogP contribution is 2.07. The molecule has 0 saturated heterocycles. The van der Waals surface area contributed by atoms with Crippen LogP contribution in [-0.2, 0) is 4.79 Å². The molecule has 2 unspecified atom stereocenters. The van der Waals surface area contributed by atoms with Crippen molar-refractivity contribution in [3.05, 3.63) is 0 Å². The van der Waals surface area contributed by atoms with Crippen molar-refractivity contribution in [1.82, 2.24) is 5.32 Å². The van der Waals surface area contributed by atoms with E-state index in [1.165, 1.54) is 0 Å². The molecule has 2 atom stereocenters. The summed E-state index contributed by atoms with van der Waals surface area (Å²) in [5.74, 6) is -0.0955. The van der Waals surface area contributed by atoms with Crippen molar-refractivity contribution in [2.24, 2.45) is 5.73 Å². The molecule has 4 heteroatoms. The lowest BCUT2D eigenvalue weighted by Gasteiger charge is -2.15. The minimum Gasteiger partial charge on any atom is -0.358 e. The largest absolute Gasteiger partial charge is 0.358 e. The van der Waals surface area contributed by atoms with E-state index in [0.717, 1.165) is 0 Å². The Morgan fingerprint density at radius 3 is 2.50 bits per heavy atom. The van der Waals surface area contributed by atoms with E-state index in [0.29, 0.717) is 0 Å². The lowest BCUT2D eigenvalue weighted by atomic mass is 10.2. The summed E-state index contributed by atoms with van der Waals surface area (Å²) < 4.78 is 0. The summed E-state index contributed by atoms with van der Waals surface area (Å²) in [6.45, 7) is 1.94. The van der Waals surface area contributed by atoms with Crippen LogP contribution in [0.1, 0.15) is 6.92 Å².